The number of carbonyl (C=O) groups is 1. The van der Waals surface area contributed by atoms with Gasteiger partial charge >= 0.3 is 12.1 Å². The first kappa shape index (κ1) is 16.6. The fourth-order valence-electron chi connectivity index (χ4n) is 4.21. The molecule has 4 rings (SSSR count). The molecule has 0 aromatic carbocycles. The highest BCUT2D eigenvalue weighted by atomic mass is 32.2. The Balaban J connectivity index is 1.84. The number of carbonyl (C=O) groups excluding carboxylic acids is 1. The Hall–Kier alpha value is -0.830. The van der Waals surface area contributed by atoms with Gasteiger partial charge in [-0.15, -0.1) is 23.5 Å². The summed E-state index contributed by atoms with van der Waals surface area (Å²) in [6.07, 6.45) is -4.50. The maximum atomic E-state index is 13.5. The molecule has 0 amide bonds. The van der Waals surface area contributed by atoms with Crippen molar-refractivity contribution in [2.24, 2.45) is 11.8 Å². The molecule has 1 aromatic heterocycles. The number of thioether (sulfide) groups is 2. The molecule has 1 aromatic rings. The minimum Gasteiger partial charge on any atom is -0.465 e. The van der Waals surface area contributed by atoms with E-state index in [4.69, 9.17) is 4.74 Å². The van der Waals surface area contributed by atoms with E-state index in [1.54, 1.807) is 30.4 Å². The molecule has 9 heteroatoms. The summed E-state index contributed by atoms with van der Waals surface area (Å²) in [7, 11) is 0. The van der Waals surface area contributed by atoms with Gasteiger partial charge < -0.3 is 4.74 Å². The predicted octanol–water partition coefficient (Wildman–Crippen LogP) is 3.46. The van der Waals surface area contributed by atoms with Crippen molar-refractivity contribution in [3.05, 3.63) is 17.0 Å². The van der Waals surface area contributed by atoms with Gasteiger partial charge in [0.1, 0.15) is 10.6 Å². The number of aromatic nitrogens is 2. The highest BCUT2D eigenvalue weighted by Crippen LogP contribution is 2.78. The summed E-state index contributed by atoms with van der Waals surface area (Å²) in [6, 6.07) is 0. The van der Waals surface area contributed by atoms with Crippen LogP contribution in [-0.4, -0.2) is 33.9 Å². The fourth-order valence-corrected chi connectivity index (χ4v) is 8.13. The minimum atomic E-state index is -4.50. The van der Waals surface area contributed by atoms with Crippen molar-refractivity contribution in [2.45, 2.75) is 36.6 Å². The number of rotatable bonds is 3. The zero-order valence-electron chi connectivity index (χ0n) is 13.2. The first-order chi connectivity index (χ1) is 11.3. The van der Waals surface area contributed by atoms with Crippen LogP contribution in [0.3, 0.4) is 0 Å². The van der Waals surface area contributed by atoms with Gasteiger partial charge in [-0.1, -0.05) is 6.92 Å². The van der Waals surface area contributed by atoms with Crippen molar-refractivity contribution < 1.29 is 22.7 Å². The molecule has 1 saturated heterocycles. The summed E-state index contributed by atoms with van der Waals surface area (Å²) in [6.45, 7) is 3.63. The summed E-state index contributed by atoms with van der Waals surface area (Å²) >= 11 is 3.42. The second kappa shape index (κ2) is 5.33. The second-order valence-electron chi connectivity index (χ2n) is 6.35. The van der Waals surface area contributed by atoms with E-state index in [0.29, 0.717) is 11.3 Å². The SMILES string of the molecule is CCOC(=O)Cn1nc(C(F)(F)F)c2c1C1(SCCS1)C1C(C)C21. The molecule has 2 fully saturated rings. The molecule has 24 heavy (non-hydrogen) atoms. The van der Waals surface area contributed by atoms with Gasteiger partial charge in [0.2, 0.25) is 0 Å². The van der Waals surface area contributed by atoms with E-state index in [-0.39, 0.29) is 35.0 Å². The molecule has 0 radical (unpaired) electrons. The van der Waals surface area contributed by atoms with Crippen LogP contribution in [0, 0.1) is 11.8 Å². The lowest BCUT2D eigenvalue weighted by Crippen LogP contribution is -2.25. The lowest BCUT2D eigenvalue weighted by molar-refractivity contribution is -0.146. The Morgan fingerprint density at radius 3 is 2.67 bits per heavy atom. The Morgan fingerprint density at radius 2 is 2.08 bits per heavy atom. The summed E-state index contributed by atoms with van der Waals surface area (Å²) in [5.74, 6) is 1.62. The maximum Gasteiger partial charge on any atom is 0.435 e. The van der Waals surface area contributed by atoms with E-state index < -0.39 is 17.8 Å². The Kier molecular flexibility index (Phi) is 3.69. The highest BCUT2D eigenvalue weighted by Gasteiger charge is 2.71. The molecule has 3 unspecified atom stereocenters. The van der Waals surface area contributed by atoms with Crippen LogP contribution in [0.4, 0.5) is 13.2 Å². The molecule has 1 saturated carbocycles. The summed E-state index contributed by atoms with van der Waals surface area (Å²) < 4.78 is 46.4. The molecule has 4 nitrogen and oxygen atoms in total. The Labute approximate surface area is 145 Å². The van der Waals surface area contributed by atoms with E-state index >= 15 is 0 Å². The van der Waals surface area contributed by atoms with Crippen molar-refractivity contribution in [3.63, 3.8) is 0 Å². The smallest absolute Gasteiger partial charge is 0.435 e. The third-order valence-electron chi connectivity index (χ3n) is 5.04. The van der Waals surface area contributed by atoms with E-state index in [1.165, 1.54) is 4.68 Å². The van der Waals surface area contributed by atoms with Crippen molar-refractivity contribution in [1.29, 1.82) is 0 Å². The molecule has 3 atom stereocenters. The van der Waals surface area contributed by atoms with Gasteiger partial charge in [-0.3, -0.25) is 9.48 Å². The zero-order chi connectivity index (χ0) is 17.3. The first-order valence-electron chi connectivity index (χ1n) is 7.93. The molecular formula is C15H17F3N2O2S2. The number of esters is 1. The van der Waals surface area contributed by atoms with Crippen molar-refractivity contribution >= 4 is 29.5 Å². The third-order valence-corrected chi connectivity index (χ3v) is 8.61. The summed E-state index contributed by atoms with van der Waals surface area (Å²) in [5.41, 5.74) is 0.112. The van der Waals surface area contributed by atoms with Crippen LogP contribution in [0.2, 0.25) is 0 Å². The Morgan fingerprint density at radius 1 is 1.42 bits per heavy atom. The molecule has 132 valence electrons. The van der Waals surface area contributed by atoms with Gasteiger partial charge in [0.25, 0.3) is 0 Å². The first-order valence-corrected chi connectivity index (χ1v) is 9.90. The van der Waals surface area contributed by atoms with Crippen LogP contribution in [0.5, 0.6) is 0 Å². The standard InChI is InChI=1S/C15H17F3N2O2S2/c1-3-22-8(21)6-20-13-10(12(19-20)15(16,17)18)9-7(2)11(9)14(13)23-4-5-24-14/h7,9,11H,3-6H2,1-2H3. The van der Waals surface area contributed by atoms with Crippen LogP contribution in [0.1, 0.15) is 36.7 Å². The predicted molar refractivity (Wildman–Crippen MR) is 85.9 cm³/mol. The van der Waals surface area contributed by atoms with Gasteiger partial charge in [0.05, 0.1) is 12.3 Å². The number of fused-ring (bicyclic) bond motifs is 5. The number of nitrogens with zero attached hydrogens (tertiary/aromatic N) is 2. The van der Waals surface area contributed by atoms with Crippen molar-refractivity contribution in [2.75, 3.05) is 18.1 Å². The normalized spacial score (nSPS) is 29.6. The largest absolute Gasteiger partial charge is 0.465 e. The third kappa shape index (κ3) is 2.16. The molecule has 2 aliphatic carbocycles. The molecule has 0 bridgehead atoms. The van der Waals surface area contributed by atoms with E-state index in [0.717, 1.165) is 11.5 Å². The topological polar surface area (TPSA) is 44.1 Å². The van der Waals surface area contributed by atoms with Crippen LogP contribution >= 0.6 is 23.5 Å². The molecule has 0 N–H and O–H groups in total. The van der Waals surface area contributed by atoms with Gasteiger partial charge in [-0.2, -0.15) is 18.3 Å². The molecule has 2 heterocycles. The Bertz CT molecular complexity index is 698. The van der Waals surface area contributed by atoms with E-state index in [9.17, 15) is 18.0 Å². The average Bonchev–Trinajstić information content (AvgIpc) is 2.88. The van der Waals surface area contributed by atoms with Gasteiger partial charge in [0, 0.05) is 17.1 Å². The molecule has 1 spiro atoms. The average molecular weight is 378 g/mol. The van der Waals surface area contributed by atoms with Gasteiger partial charge in [-0.05, 0) is 24.7 Å². The van der Waals surface area contributed by atoms with E-state index in [1.807, 2.05) is 6.92 Å². The summed E-state index contributed by atoms with van der Waals surface area (Å²) in [5, 5.41) is 3.82. The van der Waals surface area contributed by atoms with Crippen LogP contribution in [0.15, 0.2) is 0 Å². The second-order valence-corrected chi connectivity index (χ2v) is 9.29. The quantitative estimate of drug-likeness (QED) is 0.754. The van der Waals surface area contributed by atoms with Gasteiger partial charge in [0.15, 0.2) is 5.69 Å². The number of hydrogen-bond acceptors (Lipinski definition) is 5. The number of alkyl halides is 3. The van der Waals surface area contributed by atoms with Crippen molar-refractivity contribution in [1.82, 2.24) is 9.78 Å². The lowest BCUT2D eigenvalue weighted by Gasteiger charge is -2.27. The molecular weight excluding hydrogens is 361 g/mol. The van der Waals surface area contributed by atoms with Crippen LogP contribution in [0.25, 0.3) is 0 Å². The van der Waals surface area contributed by atoms with Gasteiger partial charge in [-0.25, -0.2) is 0 Å². The molecule has 3 aliphatic rings. The van der Waals surface area contributed by atoms with Crippen LogP contribution in [-0.2, 0) is 26.3 Å². The fraction of sp³-hybridized carbons (Fsp3) is 0.733. The number of ether oxygens (including phenoxy) is 1. The minimum absolute atomic E-state index is 0.0920. The molecule has 1 aliphatic heterocycles. The highest BCUT2D eigenvalue weighted by molar-refractivity contribution is 8.20. The maximum absolute atomic E-state index is 13.5. The lowest BCUT2D eigenvalue weighted by atomic mass is 10.1. The monoisotopic (exact) mass is 378 g/mol. The number of hydrogen-bond donors (Lipinski definition) is 0. The summed E-state index contributed by atoms with van der Waals surface area (Å²) in [4.78, 5) is 11.9. The van der Waals surface area contributed by atoms with Crippen molar-refractivity contribution in [3.8, 4) is 0 Å². The number of halogens is 3. The van der Waals surface area contributed by atoms with E-state index in [2.05, 4.69) is 5.10 Å². The zero-order valence-corrected chi connectivity index (χ0v) is 14.9. The van der Waals surface area contributed by atoms with Crippen LogP contribution < -0.4 is 0 Å².